The minimum Gasteiger partial charge on any atom is -0.397 e. The van der Waals surface area contributed by atoms with Crippen LogP contribution in [0.25, 0.3) is 0 Å². The fraction of sp³-hybridized carbons (Fsp3) is 0.200. The van der Waals surface area contributed by atoms with Crippen molar-refractivity contribution < 1.29 is 4.79 Å². The zero-order valence-corrected chi connectivity index (χ0v) is 11.1. The van der Waals surface area contributed by atoms with Crippen molar-refractivity contribution in [2.45, 2.75) is 19.8 Å². The van der Waals surface area contributed by atoms with E-state index in [1.54, 1.807) is 12.3 Å². The lowest BCUT2D eigenvalue weighted by molar-refractivity contribution is 0.102. The zero-order valence-electron chi connectivity index (χ0n) is 11.1. The summed E-state index contributed by atoms with van der Waals surface area (Å²) in [5.41, 5.74) is 8.52. The number of benzene rings is 1. The first-order valence-electron chi connectivity index (χ1n) is 6.18. The largest absolute Gasteiger partial charge is 0.397 e. The normalized spacial score (nSPS) is 10.5. The standard InChI is InChI=1S/C15H17N3O/c1-10(2)11-3-5-12(6-4-11)18-15(19)13-7-8-17-9-14(13)16/h3-10H,16H2,1-2H3,(H,18,19). The number of carbonyl (C=O) groups excluding carboxylic acids is 1. The molecule has 4 heteroatoms. The summed E-state index contributed by atoms with van der Waals surface area (Å²) in [7, 11) is 0. The van der Waals surface area contributed by atoms with Gasteiger partial charge in [0.2, 0.25) is 0 Å². The summed E-state index contributed by atoms with van der Waals surface area (Å²) < 4.78 is 0. The molecule has 0 saturated carbocycles. The molecule has 19 heavy (non-hydrogen) atoms. The van der Waals surface area contributed by atoms with Crippen LogP contribution in [0, 0.1) is 0 Å². The van der Waals surface area contributed by atoms with Crippen molar-refractivity contribution in [3.63, 3.8) is 0 Å². The van der Waals surface area contributed by atoms with Crippen LogP contribution in [-0.4, -0.2) is 10.9 Å². The molecule has 98 valence electrons. The molecule has 1 amide bonds. The Balaban J connectivity index is 2.13. The molecule has 0 saturated heterocycles. The van der Waals surface area contributed by atoms with Crippen molar-refractivity contribution in [2.75, 3.05) is 11.1 Å². The lowest BCUT2D eigenvalue weighted by Gasteiger charge is -2.09. The molecule has 0 aliphatic rings. The molecule has 2 rings (SSSR count). The maximum atomic E-state index is 12.0. The smallest absolute Gasteiger partial charge is 0.257 e. The fourth-order valence-corrected chi connectivity index (χ4v) is 1.76. The first-order valence-corrected chi connectivity index (χ1v) is 6.18. The molecular formula is C15H17N3O. The molecule has 2 aromatic rings. The molecule has 0 bridgehead atoms. The number of nitrogens with zero attached hydrogens (tertiary/aromatic N) is 1. The van der Waals surface area contributed by atoms with Crippen molar-refractivity contribution in [1.29, 1.82) is 0 Å². The van der Waals surface area contributed by atoms with Crippen LogP contribution in [0.5, 0.6) is 0 Å². The van der Waals surface area contributed by atoms with Gasteiger partial charge in [0.1, 0.15) is 0 Å². The average Bonchev–Trinajstić information content (AvgIpc) is 2.39. The molecule has 0 aliphatic carbocycles. The van der Waals surface area contributed by atoms with Crippen molar-refractivity contribution in [2.24, 2.45) is 0 Å². The Morgan fingerprint density at radius 3 is 2.47 bits per heavy atom. The van der Waals surface area contributed by atoms with Gasteiger partial charge in [-0.3, -0.25) is 9.78 Å². The molecule has 0 spiro atoms. The fourth-order valence-electron chi connectivity index (χ4n) is 1.76. The Labute approximate surface area is 112 Å². The van der Waals surface area contributed by atoms with Gasteiger partial charge in [-0.05, 0) is 29.7 Å². The van der Waals surface area contributed by atoms with E-state index < -0.39 is 0 Å². The Morgan fingerprint density at radius 1 is 1.21 bits per heavy atom. The van der Waals surface area contributed by atoms with Gasteiger partial charge >= 0.3 is 0 Å². The first-order chi connectivity index (χ1) is 9.08. The molecule has 4 nitrogen and oxygen atoms in total. The predicted octanol–water partition coefficient (Wildman–Crippen LogP) is 3.04. The van der Waals surface area contributed by atoms with E-state index >= 15 is 0 Å². The van der Waals surface area contributed by atoms with Crippen LogP contribution < -0.4 is 11.1 Å². The third-order valence-corrected chi connectivity index (χ3v) is 2.93. The second kappa shape index (κ2) is 5.52. The number of anilines is 2. The third kappa shape index (κ3) is 3.10. The summed E-state index contributed by atoms with van der Waals surface area (Å²) >= 11 is 0. The number of nitrogens with one attached hydrogen (secondary N) is 1. The number of hydrogen-bond donors (Lipinski definition) is 2. The van der Waals surface area contributed by atoms with Crippen LogP contribution in [0.15, 0.2) is 42.7 Å². The second-order valence-corrected chi connectivity index (χ2v) is 4.69. The van der Waals surface area contributed by atoms with Crippen LogP contribution in [0.4, 0.5) is 11.4 Å². The average molecular weight is 255 g/mol. The molecule has 0 fully saturated rings. The third-order valence-electron chi connectivity index (χ3n) is 2.93. The van der Waals surface area contributed by atoms with Crippen LogP contribution in [0.3, 0.4) is 0 Å². The second-order valence-electron chi connectivity index (χ2n) is 4.69. The number of aromatic nitrogens is 1. The van der Waals surface area contributed by atoms with E-state index in [1.165, 1.54) is 11.8 Å². The van der Waals surface area contributed by atoms with Gasteiger partial charge < -0.3 is 11.1 Å². The number of nitrogens with two attached hydrogens (primary N) is 1. The molecular weight excluding hydrogens is 238 g/mol. The van der Waals surface area contributed by atoms with Crippen molar-refractivity contribution in [3.8, 4) is 0 Å². The molecule has 1 heterocycles. The SMILES string of the molecule is CC(C)c1ccc(NC(=O)c2ccncc2N)cc1. The predicted molar refractivity (Wildman–Crippen MR) is 77.1 cm³/mol. The van der Waals surface area contributed by atoms with Crippen LogP contribution >= 0.6 is 0 Å². The molecule has 0 radical (unpaired) electrons. The van der Waals surface area contributed by atoms with E-state index in [4.69, 9.17) is 5.73 Å². The summed E-state index contributed by atoms with van der Waals surface area (Å²) in [5.74, 6) is 0.248. The Hall–Kier alpha value is -2.36. The number of carbonyl (C=O) groups is 1. The summed E-state index contributed by atoms with van der Waals surface area (Å²) in [6, 6.07) is 9.41. The molecule has 3 N–H and O–H groups in total. The number of nitrogen functional groups attached to an aromatic ring is 1. The van der Waals surface area contributed by atoms with Gasteiger partial charge in [0.25, 0.3) is 5.91 Å². The summed E-state index contributed by atoms with van der Waals surface area (Å²) in [6.45, 7) is 4.26. The number of pyridine rings is 1. The Bertz CT molecular complexity index is 576. The van der Waals surface area contributed by atoms with Crippen LogP contribution in [-0.2, 0) is 0 Å². The van der Waals surface area contributed by atoms with Gasteiger partial charge in [-0.25, -0.2) is 0 Å². The van der Waals surface area contributed by atoms with Gasteiger partial charge in [-0.2, -0.15) is 0 Å². The van der Waals surface area contributed by atoms with E-state index in [0.717, 1.165) is 5.69 Å². The number of rotatable bonds is 3. The number of hydrogen-bond acceptors (Lipinski definition) is 3. The lowest BCUT2D eigenvalue weighted by Crippen LogP contribution is -2.14. The topological polar surface area (TPSA) is 68.0 Å². The molecule has 0 unspecified atom stereocenters. The molecule has 0 atom stereocenters. The van der Waals surface area contributed by atoms with Crippen molar-refractivity contribution in [1.82, 2.24) is 4.98 Å². The van der Waals surface area contributed by atoms with E-state index in [-0.39, 0.29) is 5.91 Å². The van der Waals surface area contributed by atoms with Crippen LogP contribution in [0.1, 0.15) is 35.7 Å². The monoisotopic (exact) mass is 255 g/mol. The molecule has 1 aromatic carbocycles. The van der Waals surface area contributed by atoms with E-state index in [0.29, 0.717) is 17.2 Å². The summed E-state index contributed by atoms with van der Waals surface area (Å²) in [6.07, 6.45) is 3.02. The van der Waals surface area contributed by atoms with E-state index in [2.05, 4.69) is 24.1 Å². The van der Waals surface area contributed by atoms with E-state index in [9.17, 15) is 4.79 Å². The maximum Gasteiger partial charge on any atom is 0.257 e. The van der Waals surface area contributed by atoms with Crippen molar-refractivity contribution in [3.05, 3.63) is 53.9 Å². The molecule has 1 aromatic heterocycles. The zero-order chi connectivity index (χ0) is 13.8. The highest BCUT2D eigenvalue weighted by atomic mass is 16.1. The molecule has 0 aliphatic heterocycles. The highest BCUT2D eigenvalue weighted by molar-refractivity contribution is 6.07. The van der Waals surface area contributed by atoms with Gasteiger partial charge in [0.15, 0.2) is 0 Å². The quantitative estimate of drug-likeness (QED) is 0.885. The van der Waals surface area contributed by atoms with Gasteiger partial charge in [-0.1, -0.05) is 26.0 Å². The Kier molecular flexibility index (Phi) is 3.80. The van der Waals surface area contributed by atoms with Gasteiger partial charge in [0, 0.05) is 11.9 Å². The lowest BCUT2D eigenvalue weighted by atomic mass is 10.0. The van der Waals surface area contributed by atoms with Crippen molar-refractivity contribution >= 4 is 17.3 Å². The first kappa shape index (κ1) is 13.1. The number of amides is 1. The highest BCUT2D eigenvalue weighted by Gasteiger charge is 2.09. The highest BCUT2D eigenvalue weighted by Crippen LogP contribution is 2.18. The minimum absolute atomic E-state index is 0.225. The van der Waals surface area contributed by atoms with Gasteiger partial charge in [-0.15, -0.1) is 0 Å². The Morgan fingerprint density at radius 2 is 1.89 bits per heavy atom. The summed E-state index contributed by atoms with van der Waals surface area (Å²) in [4.78, 5) is 15.9. The summed E-state index contributed by atoms with van der Waals surface area (Å²) in [5, 5.41) is 2.82. The van der Waals surface area contributed by atoms with Crippen LogP contribution in [0.2, 0.25) is 0 Å². The van der Waals surface area contributed by atoms with Gasteiger partial charge in [0.05, 0.1) is 17.4 Å². The maximum absolute atomic E-state index is 12.0. The minimum atomic E-state index is -0.225. The van der Waals surface area contributed by atoms with E-state index in [1.807, 2.05) is 24.3 Å².